The number of sulfone groups is 1. The summed E-state index contributed by atoms with van der Waals surface area (Å²) in [4.78, 5) is -0.169. The van der Waals surface area contributed by atoms with E-state index in [1.165, 1.54) is 18.2 Å². The highest BCUT2D eigenvalue weighted by Gasteiger charge is 2.21. The molecule has 3 rings (SSSR count). The largest absolute Gasteiger partial charge is 0.343 e. The molecule has 0 aliphatic carbocycles. The van der Waals surface area contributed by atoms with Gasteiger partial charge in [0.15, 0.2) is 0 Å². The third-order valence-corrected chi connectivity index (χ3v) is 5.57. The van der Waals surface area contributed by atoms with E-state index in [0.717, 1.165) is 10.9 Å². The van der Waals surface area contributed by atoms with Gasteiger partial charge in [0.05, 0.1) is 4.90 Å². The first-order valence-corrected chi connectivity index (χ1v) is 9.17. The summed E-state index contributed by atoms with van der Waals surface area (Å²) in [5.41, 5.74) is 1.65. The molecule has 2 aromatic carbocycles. The molecule has 0 unspecified atom stereocenters. The Morgan fingerprint density at radius 3 is 2.48 bits per heavy atom. The van der Waals surface area contributed by atoms with Crippen LogP contribution in [-0.2, 0) is 16.4 Å². The number of aromatic nitrogens is 1. The van der Waals surface area contributed by atoms with Crippen LogP contribution in [0.5, 0.6) is 0 Å². The summed E-state index contributed by atoms with van der Waals surface area (Å²) >= 11 is 0. The van der Waals surface area contributed by atoms with Crippen LogP contribution in [0.25, 0.3) is 17.0 Å². The van der Waals surface area contributed by atoms with E-state index in [4.69, 9.17) is 0 Å². The Morgan fingerprint density at radius 1 is 1.12 bits per heavy atom. The molecule has 0 spiro atoms. The van der Waals surface area contributed by atoms with Gasteiger partial charge in [-0.3, -0.25) is 0 Å². The highest BCUT2D eigenvalue weighted by Crippen LogP contribution is 2.26. The Morgan fingerprint density at radius 2 is 1.80 bits per heavy atom. The van der Waals surface area contributed by atoms with Gasteiger partial charge in [0, 0.05) is 29.2 Å². The predicted molar refractivity (Wildman–Crippen MR) is 99.4 cm³/mol. The number of fused-ring (bicyclic) bond motifs is 1. The van der Waals surface area contributed by atoms with Crippen molar-refractivity contribution in [1.29, 1.82) is 5.26 Å². The van der Waals surface area contributed by atoms with Gasteiger partial charge in [-0.1, -0.05) is 42.5 Å². The van der Waals surface area contributed by atoms with Gasteiger partial charge >= 0.3 is 0 Å². The Kier molecular flexibility index (Phi) is 4.55. The van der Waals surface area contributed by atoms with Gasteiger partial charge in [0.2, 0.25) is 9.84 Å². The van der Waals surface area contributed by atoms with Crippen molar-refractivity contribution >= 4 is 26.8 Å². The predicted octanol–water partition coefficient (Wildman–Crippen LogP) is 4.17. The standard InChI is InChI=1S/C20H16N2O2S/c1-2-12-22-15-16(19-10-6-7-11-20(19)22)13-18(14-21)25(23,24)17-8-4-3-5-9-17/h2-11,13,15H,1,12H2. The fourth-order valence-electron chi connectivity index (χ4n) is 2.72. The van der Waals surface area contributed by atoms with Gasteiger partial charge in [0.1, 0.15) is 11.0 Å². The minimum atomic E-state index is -3.85. The average Bonchev–Trinajstić information content (AvgIpc) is 2.98. The van der Waals surface area contributed by atoms with Crippen molar-refractivity contribution in [1.82, 2.24) is 4.57 Å². The van der Waals surface area contributed by atoms with Gasteiger partial charge in [-0.2, -0.15) is 5.26 Å². The number of rotatable bonds is 5. The maximum Gasteiger partial charge on any atom is 0.216 e. The Hall–Kier alpha value is -3.10. The number of para-hydroxylation sites is 1. The lowest BCUT2D eigenvalue weighted by Crippen LogP contribution is -2.03. The minimum Gasteiger partial charge on any atom is -0.343 e. The molecule has 0 aliphatic heterocycles. The number of benzene rings is 2. The van der Waals surface area contributed by atoms with E-state index in [1.807, 2.05) is 41.1 Å². The molecule has 1 aromatic heterocycles. The normalized spacial score (nSPS) is 12.0. The van der Waals surface area contributed by atoms with Crippen molar-refractivity contribution in [3.8, 4) is 6.07 Å². The molecule has 0 bridgehead atoms. The van der Waals surface area contributed by atoms with Gasteiger partial charge < -0.3 is 4.57 Å². The zero-order valence-corrected chi connectivity index (χ0v) is 14.3. The van der Waals surface area contributed by atoms with Crippen molar-refractivity contribution in [2.24, 2.45) is 0 Å². The highest BCUT2D eigenvalue weighted by molar-refractivity contribution is 7.95. The summed E-state index contributed by atoms with van der Waals surface area (Å²) in [6.07, 6.45) is 5.04. The number of allylic oxidation sites excluding steroid dienone is 2. The first-order chi connectivity index (χ1) is 12.1. The maximum absolute atomic E-state index is 12.7. The van der Waals surface area contributed by atoms with Crippen molar-refractivity contribution in [3.05, 3.63) is 83.9 Å². The summed E-state index contributed by atoms with van der Waals surface area (Å²) in [6, 6.07) is 17.5. The van der Waals surface area contributed by atoms with Crippen LogP contribution in [0.2, 0.25) is 0 Å². The molecule has 5 heteroatoms. The van der Waals surface area contributed by atoms with Crippen molar-refractivity contribution < 1.29 is 8.42 Å². The molecule has 0 radical (unpaired) electrons. The second-order valence-electron chi connectivity index (χ2n) is 5.48. The molecular weight excluding hydrogens is 332 g/mol. The Bertz CT molecular complexity index is 1100. The Balaban J connectivity index is 2.18. The summed E-state index contributed by atoms with van der Waals surface area (Å²) < 4.78 is 27.4. The first kappa shape index (κ1) is 16.7. The number of nitrogens with zero attached hydrogens (tertiary/aromatic N) is 2. The fraction of sp³-hybridized carbons (Fsp3) is 0.0500. The molecule has 4 nitrogen and oxygen atoms in total. The van der Waals surface area contributed by atoms with Crippen LogP contribution in [0.1, 0.15) is 5.56 Å². The van der Waals surface area contributed by atoms with E-state index in [2.05, 4.69) is 6.58 Å². The molecule has 1 heterocycles. The second-order valence-corrected chi connectivity index (χ2v) is 7.40. The van der Waals surface area contributed by atoms with Crippen LogP contribution < -0.4 is 0 Å². The lowest BCUT2D eigenvalue weighted by Gasteiger charge is -2.02. The van der Waals surface area contributed by atoms with Gasteiger partial charge in [0.25, 0.3) is 0 Å². The lowest BCUT2D eigenvalue weighted by atomic mass is 10.1. The topological polar surface area (TPSA) is 62.9 Å². The zero-order valence-electron chi connectivity index (χ0n) is 13.5. The molecule has 0 saturated heterocycles. The quantitative estimate of drug-likeness (QED) is 0.513. The van der Waals surface area contributed by atoms with Gasteiger partial charge in [-0.25, -0.2) is 8.42 Å². The maximum atomic E-state index is 12.7. The smallest absolute Gasteiger partial charge is 0.216 e. The van der Waals surface area contributed by atoms with Crippen LogP contribution in [0.3, 0.4) is 0 Å². The van der Waals surface area contributed by atoms with Crippen LogP contribution in [0, 0.1) is 11.3 Å². The molecule has 0 aliphatic rings. The Labute approximate surface area is 146 Å². The van der Waals surface area contributed by atoms with E-state index in [1.54, 1.807) is 24.3 Å². The monoisotopic (exact) mass is 348 g/mol. The van der Waals surface area contributed by atoms with Gasteiger partial charge in [-0.05, 0) is 24.3 Å². The summed E-state index contributed by atoms with van der Waals surface area (Å²) in [5, 5.41) is 10.3. The SMILES string of the molecule is C=CCn1cc(C=C(C#N)S(=O)(=O)c2ccccc2)c2ccccc21. The summed E-state index contributed by atoms with van der Waals surface area (Å²) in [7, 11) is -3.85. The summed E-state index contributed by atoms with van der Waals surface area (Å²) in [5.74, 6) is 0. The first-order valence-electron chi connectivity index (χ1n) is 7.68. The van der Waals surface area contributed by atoms with E-state index in [9.17, 15) is 13.7 Å². The second kappa shape index (κ2) is 6.80. The van der Waals surface area contributed by atoms with Crippen LogP contribution in [-0.4, -0.2) is 13.0 Å². The molecule has 0 atom stereocenters. The number of nitriles is 1. The molecule has 0 fully saturated rings. The van der Waals surface area contributed by atoms with Crippen molar-refractivity contribution in [2.75, 3.05) is 0 Å². The average molecular weight is 348 g/mol. The van der Waals surface area contributed by atoms with Crippen molar-refractivity contribution in [2.45, 2.75) is 11.4 Å². The third kappa shape index (κ3) is 3.12. The van der Waals surface area contributed by atoms with E-state index >= 15 is 0 Å². The molecular formula is C20H16N2O2S. The summed E-state index contributed by atoms with van der Waals surface area (Å²) in [6.45, 7) is 4.34. The molecule has 124 valence electrons. The van der Waals surface area contributed by atoms with E-state index in [0.29, 0.717) is 12.1 Å². The fourth-order valence-corrected chi connectivity index (χ4v) is 3.89. The zero-order chi connectivity index (χ0) is 17.9. The van der Waals surface area contributed by atoms with E-state index < -0.39 is 9.84 Å². The third-order valence-electron chi connectivity index (χ3n) is 3.89. The molecule has 0 saturated carbocycles. The van der Waals surface area contributed by atoms with Crippen LogP contribution in [0.15, 0.2) is 83.2 Å². The highest BCUT2D eigenvalue weighted by atomic mass is 32.2. The lowest BCUT2D eigenvalue weighted by molar-refractivity contribution is 0.603. The van der Waals surface area contributed by atoms with E-state index in [-0.39, 0.29) is 9.80 Å². The minimum absolute atomic E-state index is 0.109. The molecule has 25 heavy (non-hydrogen) atoms. The van der Waals surface area contributed by atoms with Crippen LogP contribution >= 0.6 is 0 Å². The number of hydrogen-bond donors (Lipinski definition) is 0. The molecule has 0 amide bonds. The molecule has 0 N–H and O–H groups in total. The molecule has 3 aromatic rings. The van der Waals surface area contributed by atoms with Crippen LogP contribution in [0.4, 0.5) is 0 Å². The number of hydrogen-bond acceptors (Lipinski definition) is 3. The van der Waals surface area contributed by atoms with Crippen molar-refractivity contribution in [3.63, 3.8) is 0 Å². The van der Waals surface area contributed by atoms with Gasteiger partial charge in [-0.15, -0.1) is 6.58 Å².